The summed E-state index contributed by atoms with van der Waals surface area (Å²) in [5.41, 5.74) is 0.436. The standard InChI is InChI=1S/C14H18BrN3O2/c1-10(14(20)18-8-3-2-4-9-18)17-13(19)11-6-5-7-16-12(11)15/h5-7,10H,2-4,8-9H2,1H3,(H,17,19). The van der Waals surface area contributed by atoms with Crippen LogP contribution in [0.25, 0.3) is 0 Å². The van der Waals surface area contributed by atoms with Gasteiger partial charge in [-0.2, -0.15) is 0 Å². The van der Waals surface area contributed by atoms with Crippen molar-refractivity contribution < 1.29 is 9.59 Å². The van der Waals surface area contributed by atoms with Gasteiger partial charge in [0.05, 0.1) is 5.56 Å². The Hall–Kier alpha value is -1.43. The number of pyridine rings is 1. The fraction of sp³-hybridized carbons (Fsp3) is 0.500. The zero-order chi connectivity index (χ0) is 14.5. The van der Waals surface area contributed by atoms with E-state index in [0.717, 1.165) is 25.9 Å². The molecule has 0 aromatic carbocycles. The van der Waals surface area contributed by atoms with Crippen LogP contribution in [0, 0.1) is 0 Å². The van der Waals surface area contributed by atoms with E-state index in [1.807, 2.05) is 4.90 Å². The van der Waals surface area contributed by atoms with Crippen molar-refractivity contribution >= 4 is 27.7 Å². The zero-order valence-electron chi connectivity index (χ0n) is 11.4. The smallest absolute Gasteiger partial charge is 0.254 e. The lowest BCUT2D eigenvalue weighted by molar-refractivity contribution is -0.133. The first kappa shape index (κ1) is 15.0. The van der Waals surface area contributed by atoms with Crippen LogP contribution in [0.4, 0.5) is 0 Å². The molecule has 0 saturated carbocycles. The lowest BCUT2D eigenvalue weighted by Crippen LogP contribution is -2.48. The molecule has 20 heavy (non-hydrogen) atoms. The van der Waals surface area contributed by atoms with Crippen molar-refractivity contribution in [2.75, 3.05) is 13.1 Å². The summed E-state index contributed by atoms with van der Waals surface area (Å²) in [4.78, 5) is 30.2. The molecule has 0 radical (unpaired) electrons. The van der Waals surface area contributed by atoms with Crippen molar-refractivity contribution in [1.29, 1.82) is 0 Å². The van der Waals surface area contributed by atoms with Gasteiger partial charge in [-0.05, 0) is 54.2 Å². The number of hydrogen-bond acceptors (Lipinski definition) is 3. The molecule has 0 spiro atoms. The van der Waals surface area contributed by atoms with Gasteiger partial charge in [-0.25, -0.2) is 4.98 Å². The Kier molecular flexibility index (Phi) is 5.11. The maximum Gasteiger partial charge on any atom is 0.254 e. The Balaban J connectivity index is 1.97. The number of halogens is 1. The quantitative estimate of drug-likeness (QED) is 0.856. The van der Waals surface area contributed by atoms with Crippen molar-refractivity contribution in [3.05, 3.63) is 28.5 Å². The van der Waals surface area contributed by atoms with Crippen molar-refractivity contribution in [3.63, 3.8) is 0 Å². The minimum Gasteiger partial charge on any atom is -0.341 e. The number of carbonyl (C=O) groups excluding carboxylic acids is 2. The van der Waals surface area contributed by atoms with Crippen molar-refractivity contribution in [2.45, 2.75) is 32.2 Å². The molecule has 1 saturated heterocycles. The summed E-state index contributed by atoms with van der Waals surface area (Å²) in [6.45, 7) is 3.30. The lowest BCUT2D eigenvalue weighted by Gasteiger charge is -2.29. The summed E-state index contributed by atoms with van der Waals surface area (Å²) in [6, 6.07) is 2.84. The monoisotopic (exact) mass is 339 g/mol. The molecular weight excluding hydrogens is 322 g/mol. The maximum atomic E-state index is 12.2. The van der Waals surface area contributed by atoms with E-state index in [1.165, 1.54) is 6.42 Å². The molecule has 0 aliphatic carbocycles. The predicted octanol–water partition coefficient (Wildman–Crippen LogP) is 1.97. The number of hydrogen-bond donors (Lipinski definition) is 1. The van der Waals surface area contributed by atoms with E-state index in [4.69, 9.17) is 0 Å². The molecule has 2 heterocycles. The number of rotatable bonds is 3. The largest absolute Gasteiger partial charge is 0.341 e. The van der Waals surface area contributed by atoms with Gasteiger partial charge >= 0.3 is 0 Å². The van der Waals surface area contributed by atoms with E-state index in [2.05, 4.69) is 26.2 Å². The summed E-state index contributed by atoms with van der Waals surface area (Å²) in [6.07, 6.45) is 4.86. The van der Waals surface area contributed by atoms with E-state index >= 15 is 0 Å². The molecule has 5 nitrogen and oxygen atoms in total. The predicted molar refractivity (Wildman–Crippen MR) is 79.3 cm³/mol. The van der Waals surface area contributed by atoms with Gasteiger partial charge in [0, 0.05) is 19.3 Å². The average Bonchev–Trinajstić information content (AvgIpc) is 2.47. The number of carbonyl (C=O) groups is 2. The van der Waals surface area contributed by atoms with Crippen LogP contribution in [0.5, 0.6) is 0 Å². The summed E-state index contributed by atoms with van der Waals surface area (Å²) in [5.74, 6) is -0.305. The van der Waals surface area contributed by atoms with Crippen LogP contribution in [0.3, 0.4) is 0 Å². The number of nitrogens with zero attached hydrogens (tertiary/aromatic N) is 2. The van der Waals surface area contributed by atoms with Gasteiger partial charge in [0.15, 0.2) is 0 Å². The Morgan fingerprint density at radius 2 is 2.05 bits per heavy atom. The van der Waals surface area contributed by atoms with Crippen molar-refractivity contribution in [1.82, 2.24) is 15.2 Å². The van der Waals surface area contributed by atoms with Crippen LogP contribution >= 0.6 is 15.9 Å². The van der Waals surface area contributed by atoms with Crippen LogP contribution in [0.2, 0.25) is 0 Å². The molecule has 1 aliphatic heterocycles. The zero-order valence-corrected chi connectivity index (χ0v) is 13.0. The van der Waals surface area contributed by atoms with Crippen molar-refractivity contribution in [2.24, 2.45) is 0 Å². The first-order valence-corrected chi connectivity index (χ1v) is 7.59. The molecule has 2 amide bonds. The molecule has 0 bridgehead atoms. The van der Waals surface area contributed by atoms with Crippen LogP contribution in [0.1, 0.15) is 36.5 Å². The summed E-state index contributed by atoms with van der Waals surface area (Å²) < 4.78 is 0.482. The van der Waals surface area contributed by atoms with Gasteiger partial charge in [-0.15, -0.1) is 0 Å². The second-order valence-electron chi connectivity index (χ2n) is 4.92. The van der Waals surface area contributed by atoms with E-state index in [-0.39, 0.29) is 11.8 Å². The second-order valence-corrected chi connectivity index (χ2v) is 5.67. The maximum absolute atomic E-state index is 12.2. The highest BCUT2D eigenvalue weighted by atomic mass is 79.9. The Bertz CT molecular complexity index is 501. The molecule has 1 atom stereocenters. The topological polar surface area (TPSA) is 62.3 Å². The molecule has 2 rings (SSSR count). The summed E-state index contributed by atoms with van der Waals surface area (Å²) in [5, 5.41) is 2.73. The van der Waals surface area contributed by atoms with Crippen LogP contribution in [-0.4, -0.2) is 40.8 Å². The van der Waals surface area contributed by atoms with E-state index in [9.17, 15) is 9.59 Å². The second kappa shape index (κ2) is 6.83. The fourth-order valence-corrected chi connectivity index (χ4v) is 2.71. The van der Waals surface area contributed by atoms with E-state index in [0.29, 0.717) is 10.2 Å². The van der Waals surface area contributed by atoms with Crippen LogP contribution in [-0.2, 0) is 4.79 Å². The van der Waals surface area contributed by atoms with Gasteiger partial charge in [0.2, 0.25) is 5.91 Å². The molecule has 1 aromatic heterocycles. The third kappa shape index (κ3) is 3.56. The molecule has 1 N–H and O–H groups in total. The third-order valence-corrected chi connectivity index (χ3v) is 4.02. The van der Waals surface area contributed by atoms with Gasteiger partial charge in [0.25, 0.3) is 5.91 Å². The van der Waals surface area contributed by atoms with Gasteiger partial charge in [-0.1, -0.05) is 0 Å². The first-order chi connectivity index (χ1) is 9.59. The molecule has 1 aliphatic rings. The number of amides is 2. The third-order valence-electron chi connectivity index (χ3n) is 3.39. The van der Waals surface area contributed by atoms with E-state index in [1.54, 1.807) is 25.3 Å². The van der Waals surface area contributed by atoms with Crippen molar-refractivity contribution in [3.8, 4) is 0 Å². The Morgan fingerprint density at radius 3 is 2.70 bits per heavy atom. The van der Waals surface area contributed by atoms with Crippen LogP contribution < -0.4 is 5.32 Å². The number of nitrogens with one attached hydrogen (secondary N) is 1. The van der Waals surface area contributed by atoms with Gasteiger partial charge in [0.1, 0.15) is 10.6 Å². The average molecular weight is 340 g/mol. The van der Waals surface area contributed by atoms with Crippen LogP contribution in [0.15, 0.2) is 22.9 Å². The Labute approximate surface area is 126 Å². The summed E-state index contributed by atoms with van der Waals surface area (Å²) >= 11 is 3.23. The van der Waals surface area contributed by atoms with Gasteiger partial charge < -0.3 is 10.2 Å². The normalized spacial score (nSPS) is 16.6. The fourth-order valence-electron chi connectivity index (χ4n) is 2.28. The van der Waals surface area contributed by atoms with Gasteiger partial charge in [-0.3, -0.25) is 9.59 Å². The molecule has 108 valence electrons. The Morgan fingerprint density at radius 1 is 1.35 bits per heavy atom. The molecule has 1 aromatic rings. The SMILES string of the molecule is CC(NC(=O)c1cccnc1Br)C(=O)N1CCCCC1. The van der Waals surface area contributed by atoms with E-state index < -0.39 is 6.04 Å². The molecule has 6 heteroatoms. The highest BCUT2D eigenvalue weighted by Gasteiger charge is 2.24. The number of piperidine rings is 1. The molecule has 1 unspecified atom stereocenters. The molecular formula is C14H18BrN3O2. The first-order valence-electron chi connectivity index (χ1n) is 6.80. The summed E-state index contributed by atoms with van der Waals surface area (Å²) in [7, 11) is 0. The highest BCUT2D eigenvalue weighted by molar-refractivity contribution is 9.10. The number of aromatic nitrogens is 1. The highest BCUT2D eigenvalue weighted by Crippen LogP contribution is 2.13. The lowest BCUT2D eigenvalue weighted by atomic mass is 10.1. The minimum atomic E-state index is -0.521. The minimum absolute atomic E-state index is 0.0157. The molecule has 1 fully saturated rings. The number of likely N-dealkylation sites (tertiary alicyclic amines) is 1.